The van der Waals surface area contributed by atoms with E-state index in [9.17, 15) is 4.79 Å². The molecule has 1 aliphatic heterocycles. The van der Waals surface area contributed by atoms with Gasteiger partial charge in [-0.2, -0.15) is 0 Å². The van der Waals surface area contributed by atoms with Gasteiger partial charge in [0.25, 0.3) is 8.32 Å². The molecule has 3 heterocycles. The highest BCUT2D eigenvalue weighted by Crippen LogP contribution is 2.38. The van der Waals surface area contributed by atoms with E-state index in [1.165, 1.54) is 10.4 Å². The molecule has 286 valence electrons. The Morgan fingerprint density at radius 2 is 1.63 bits per heavy atom. The van der Waals surface area contributed by atoms with Gasteiger partial charge in [-0.25, -0.2) is 14.8 Å². The Balaban J connectivity index is 1.30. The number of rotatable bonds is 11. The van der Waals surface area contributed by atoms with Crippen LogP contribution in [0.15, 0.2) is 95.9 Å². The maximum atomic E-state index is 14.0. The van der Waals surface area contributed by atoms with E-state index in [4.69, 9.17) is 28.4 Å². The van der Waals surface area contributed by atoms with Crippen LogP contribution in [0.1, 0.15) is 59.0 Å². The molecule has 1 saturated heterocycles. The van der Waals surface area contributed by atoms with Crippen LogP contribution in [0.2, 0.25) is 5.04 Å². The van der Waals surface area contributed by atoms with Crippen LogP contribution in [0, 0.1) is 0 Å². The normalized spacial score (nSPS) is 16.6. The summed E-state index contributed by atoms with van der Waals surface area (Å²) in [6, 6.07) is 26.3. The molecule has 0 unspecified atom stereocenters. The Kier molecular flexibility index (Phi) is 11.7. The van der Waals surface area contributed by atoms with Crippen molar-refractivity contribution in [1.29, 1.82) is 0 Å². The second kappa shape index (κ2) is 16.1. The first-order valence-corrected chi connectivity index (χ1v) is 20.8. The van der Waals surface area contributed by atoms with Crippen molar-refractivity contribution in [3.8, 4) is 11.5 Å². The lowest BCUT2D eigenvalue weighted by Crippen LogP contribution is -2.68. The minimum absolute atomic E-state index is 0.212. The highest BCUT2D eigenvalue weighted by molar-refractivity contribution is 9.10. The number of morpholine rings is 1. The number of fused-ring (bicyclic) bond motifs is 1. The average Bonchev–Trinajstić information content (AvgIpc) is 3.50. The molecule has 0 bridgehead atoms. The van der Waals surface area contributed by atoms with Crippen molar-refractivity contribution in [2.75, 3.05) is 39.3 Å². The van der Waals surface area contributed by atoms with E-state index in [0.717, 1.165) is 11.1 Å². The number of benzene rings is 3. The fourth-order valence-electron chi connectivity index (χ4n) is 7.07. The smallest absolute Gasteiger partial charge is 0.410 e. The SMILES string of the molecule is COc1ccc(CNc2nccn3c([C@H]4CN(C(=O)OC(C)(C)C)[C@@H](CO[Si](c5ccccc5)(c5ccccc5)C(C)(C)C)CO4)nc(Br)c23)c(OC)c1. The molecule has 6 rings (SSSR count). The molecule has 1 fully saturated rings. The third-order valence-corrected chi connectivity index (χ3v) is 15.2. The first-order chi connectivity index (χ1) is 25.8. The van der Waals surface area contributed by atoms with Gasteiger partial charge in [-0.15, -0.1) is 0 Å². The topological polar surface area (TPSA) is 109 Å². The van der Waals surface area contributed by atoms with Gasteiger partial charge in [-0.05, 0) is 64.2 Å². The Bertz CT molecular complexity index is 2010. The molecule has 0 aliphatic carbocycles. The Labute approximate surface area is 327 Å². The fourth-order valence-corrected chi connectivity index (χ4v) is 12.2. The first-order valence-electron chi connectivity index (χ1n) is 18.1. The number of amides is 1. The predicted octanol–water partition coefficient (Wildman–Crippen LogP) is 7.37. The molecule has 1 aliphatic rings. The highest BCUT2D eigenvalue weighted by atomic mass is 79.9. The van der Waals surface area contributed by atoms with E-state index in [1.807, 2.05) is 61.7 Å². The van der Waals surface area contributed by atoms with Crippen LogP contribution in [0.5, 0.6) is 11.5 Å². The van der Waals surface area contributed by atoms with Crippen LogP contribution < -0.4 is 25.2 Å². The largest absolute Gasteiger partial charge is 0.497 e. The number of carbonyl (C=O) groups excluding carboxylic acids is 1. The van der Waals surface area contributed by atoms with Crippen LogP contribution in [0.3, 0.4) is 0 Å². The van der Waals surface area contributed by atoms with Gasteiger partial charge in [0.1, 0.15) is 39.1 Å². The van der Waals surface area contributed by atoms with Crippen LogP contribution in [-0.4, -0.2) is 79.3 Å². The summed E-state index contributed by atoms with van der Waals surface area (Å²) in [5, 5.41) is 5.54. The van der Waals surface area contributed by atoms with Crippen LogP contribution in [0.4, 0.5) is 10.6 Å². The number of aromatic nitrogens is 3. The van der Waals surface area contributed by atoms with Crippen molar-refractivity contribution in [3.63, 3.8) is 0 Å². The number of halogens is 1. The summed E-state index contributed by atoms with van der Waals surface area (Å²) in [7, 11) is 0.364. The summed E-state index contributed by atoms with van der Waals surface area (Å²) in [5.41, 5.74) is 0.980. The van der Waals surface area contributed by atoms with Crippen LogP contribution in [-0.2, 0) is 20.4 Å². The molecule has 1 amide bonds. The van der Waals surface area contributed by atoms with Crippen molar-refractivity contribution in [2.24, 2.45) is 0 Å². The van der Waals surface area contributed by atoms with Crippen molar-refractivity contribution in [1.82, 2.24) is 19.3 Å². The third-order valence-electron chi connectivity index (χ3n) is 9.60. The van der Waals surface area contributed by atoms with Gasteiger partial charge >= 0.3 is 6.09 Å². The predicted molar refractivity (Wildman–Crippen MR) is 217 cm³/mol. The lowest BCUT2D eigenvalue weighted by Gasteiger charge is -2.45. The maximum Gasteiger partial charge on any atom is 0.410 e. The number of anilines is 1. The third kappa shape index (κ3) is 8.14. The number of methoxy groups -OCH3 is 2. The van der Waals surface area contributed by atoms with E-state index in [0.29, 0.717) is 34.3 Å². The lowest BCUT2D eigenvalue weighted by molar-refractivity contribution is -0.0830. The van der Waals surface area contributed by atoms with E-state index in [2.05, 4.69) is 95.5 Å². The second-order valence-corrected chi connectivity index (χ2v) is 20.4. The zero-order chi connectivity index (χ0) is 38.7. The summed E-state index contributed by atoms with van der Waals surface area (Å²) >= 11 is 3.68. The van der Waals surface area contributed by atoms with Gasteiger partial charge in [0, 0.05) is 30.6 Å². The van der Waals surface area contributed by atoms with Gasteiger partial charge in [0.05, 0.1) is 40.0 Å². The molecule has 1 N–H and O–H groups in total. The van der Waals surface area contributed by atoms with Crippen molar-refractivity contribution in [2.45, 2.75) is 70.9 Å². The van der Waals surface area contributed by atoms with Crippen LogP contribution in [0.25, 0.3) is 5.52 Å². The van der Waals surface area contributed by atoms with Crippen LogP contribution >= 0.6 is 15.9 Å². The monoisotopic (exact) mass is 815 g/mol. The zero-order valence-electron chi connectivity index (χ0n) is 32.3. The first kappa shape index (κ1) is 39.3. The Morgan fingerprint density at radius 3 is 2.22 bits per heavy atom. The van der Waals surface area contributed by atoms with Gasteiger partial charge < -0.3 is 28.7 Å². The maximum absolute atomic E-state index is 14.0. The summed E-state index contributed by atoms with van der Waals surface area (Å²) in [6.45, 7) is 13.5. The fraction of sp³-hybridized carbons (Fsp3) is 0.390. The molecule has 3 aromatic carbocycles. The summed E-state index contributed by atoms with van der Waals surface area (Å²) in [4.78, 5) is 25.3. The lowest BCUT2D eigenvalue weighted by atomic mass is 10.1. The Hall–Kier alpha value is -4.43. The van der Waals surface area contributed by atoms with Gasteiger partial charge in [-0.3, -0.25) is 9.30 Å². The number of carbonyl (C=O) groups is 1. The van der Waals surface area contributed by atoms with Gasteiger partial charge in [-0.1, -0.05) is 81.4 Å². The summed E-state index contributed by atoms with van der Waals surface area (Å²) < 4.78 is 33.4. The minimum Gasteiger partial charge on any atom is -0.497 e. The molecule has 54 heavy (non-hydrogen) atoms. The molecular weight excluding hydrogens is 766 g/mol. The molecule has 11 nitrogen and oxygen atoms in total. The highest BCUT2D eigenvalue weighted by Gasteiger charge is 2.51. The van der Waals surface area contributed by atoms with Crippen molar-refractivity contribution >= 4 is 52.0 Å². The van der Waals surface area contributed by atoms with E-state index in [-0.39, 0.29) is 24.8 Å². The summed E-state index contributed by atoms with van der Waals surface area (Å²) in [6.07, 6.45) is 2.58. The molecule has 0 saturated carbocycles. The van der Waals surface area contributed by atoms with E-state index < -0.39 is 32.2 Å². The quantitative estimate of drug-likeness (QED) is 0.137. The molecule has 2 atom stereocenters. The number of hydrogen-bond acceptors (Lipinski definition) is 9. The molecular formula is C41H50BrN5O6Si. The molecule has 0 spiro atoms. The number of ether oxygens (including phenoxy) is 4. The van der Waals surface area contributed by atoms with Gasteiger partial charge in [0.15, 0.2) is 5.82 Å². The molecule has 2 aromatic heterocycles. The summed E-state index contributed by atoms with van der Waals surface area (Å²) in [5.74, 6) is 2.67. The van der Waals surface area contributed by atoms with Crippen molar-refractivity contribution in [3.05, 3.63) is 107 Å². The van der Waals surface area contributed by atoms with E-state index >= 15 is 0 Å². The van der Waals surface area contributed by atoms with Gasteiger partial charge in [0.2, 0.25) is 0 Å². The number of hydrogen-bond donors (Lipinski definition) is 1. The van der Waals surface area contributed by atoms with E-state index in [1.54, 1.807) is 25.3 Å². The minimum atomic E-state index is -2.89. The van der Waals surface area contributed by atoms with Crippen molar-refractivity contribution < 1.29 is 28.2 Å². The number of imidazole rings is 1. The molecule has 0 radical (unpaired) electrons. The standard InChI is InChI=1S/C41H50BrN5O6Si/c1-40(2,3)53-39(48)47-25-34(38-45-36(42)35-37(43-21-22-46(35)38)44-24-28-19-20-30(49-7)23-33(28)50-8)51-26-29(47)27-52-54(41(4,5)6,31-15-11-9-12-16-31)32-17-13-10-14-18-32/h9-23,29,34H,24-27H2,1-8H3,(H,43,44)/t29-,34-/m1/s1. The number of nitrogens with one attached hydrogen (secondary N) is 1. The molecule has 13 heteroatoms. The number of nitrogens with zero attached hydrogens (tertiary/aromatic N) is 4. The molecule has 5 aromatic rings. The second-order valence-electron chi connectivity index (χ2n) is 15.4. The Morgan fingerprint density at radius 1 is 0.963 bits per heavy atom. The average molecular weight is 817 g/mol. The zero-order valence-corrected chi connectivity index (χ0v) is 34.8.